The molecule has 0 fully saturated rings. The molecule has 0 aliphatic carbocycles. The van der Waals surface area contributed by atoms with Crippen molar-refractivity contribution in [3.63, 3.8) is 0 Å². The molecule has 0 aliphatic heterocycles. The maximum absolute atomic E-state index is 5.50. The third kappa shape index (κ3) is 2.43. The third-order valence-electron chi connectivity index (χ3n) is 2.21. The molecule has 0 unspecified atom stereocenters. The van der Waals surface area contributed by atoms with Crippen molar-refractivity contribution < 1.29 is 0 Å². The molecule has 15 heavy (non-hydrogen) atoms. The molecule has 2 N–H and O–H groups in total. The molecule has 2 aromatic rings. The van der Waals surface area contributed by atoms with Gasteiger partial charge in [0.05, 0.1) is 9.88 Å². The zero-order chi connectivity index (χ0) is 10.7. The van der Waals surface area contributed by atoms with E-state index in [0.29, 0.717) is 6.54 Å². The summed E-state index contributed by atoms with van der Waals surface area (Å²) in [7, 11) is 0. The predicted octanol–water partition coefficient (Wildman–Crippen LogP) is 2.62. The minimum absolute atomic E-state index is 0.667. The van der Waals surface area contributed by atoms with Gasteiger partial charge in [-0.15, -0.1) is 11.3 Å². The van der Waals surface area contributed by atoms with Gasteiger partial charge >= 0.3 is 0 Å². The maximum atomic E-state index is 5.50. The minimum Gasteiger partial charge on any atom is -0.330 e. The van der Waals surface area contributed by atoms with Crippen molar-refractivity contribution in [1.82, 2.24) is 4.98 Å². The van der Waals surface area contributed by atoms with Crippen LogP contribution in [-0.2, 0) is 6.42 Å². The molecular weight excluding hydrogens is 204 g/mol. The Morgan fingerprint density at radius 1 is 1.40 bits per heavy atom. The average molecular weight is 218 g/mol. The first-order chi connectivity index (χ1) is 7.29. The summed E-state index contributed by atoms with van der Waals surface area (Å²) in [5.74, 6) is 0. The Balaban J connectivity index is 2.29. The van der Waals surface area contributed by atoms with Gasteiger partial charge < -0.3 is 5.73 Å². The van der Waals surface area contributed by atoms with Crippen LogP contribution in [0.4, 0.5) is 0 Å². The van der Waals surface area contributed by atoms with E-state index in [9.17, 15) is 0 Å². The van der Waals surface area contributed by atoms with Crippen LogP contribution in [0.1, 0.15) is 10.6 Å². The average Bonchev–Trinajstić information content (AvgIpc) is 2.67. The summed E-state index contributed by atoms with van der Waals surface area (Å²) in [5.41, 5.74) is 8.02. The largest absolute Gasteiger partial charge is 0.330 e. The number of aromatic nitrogens is 1. The highest BCUT2D eigenvalue weighted by Crippen LogP contribution is 2.26. The molecule has 0 saturated heterocycles. The highest BCUT2D eigenvalue weighted by Gasteiger charge is 2.03. The molecule has 0 bridgehead atoms. The van der Waals surface area contributed by atoms with E-state index in [-0.39, 0.29) is 0 Å². The van der Waals surface area contributed by atoms with Crippen LogP contribution >= 0.6 is 11.3 Å². The van der Waals surface area contributed by atoms with E-state index in [1.54, 1.807) is 11.3 Å². The lowest BCUT2D eigenvalue weighted by Gasteiger charge is -1.97. The van der Waals surface area contributed by atoms with Crippen molar-refractivity contribution in [1.29, 1.82) is 0 Å². The zero-order valence-electron chi connectivity index (χ0n) is 8.73. The number of thiazole rings is 1. The number of nitrogens with two attached hydrogens (primary N) is 1. The van der Waals surface area contributed by atoms with E-state index in [0.717, 1.165) is 11.4 Å². The van der Waals surface area contributed by atoms with Gasteiger partial charge in [-0.3, -0.25) is 0 Å². The molecule has 0 aliphatic rings. The maximum Gasteiger partial charge on any atom is 0.0943 e. The highest BCUT2D eigenvalue weighted by atomic mass is 32.1. The van der Waals surface area contributed by atoms with Crippen molar-refractivity contribution in [3.8, 4) is 10.4 Å². The first-order valence-electron chi connectivity index (χ1n) is 5.01. The van der Waals surface area contributed by atoms with Crippen LogP contribution in [0.5, 0.6) is 0 Å². The van der Waals surface area contributed by atoms with Crippen LogP contribution in [0.2, 0.25) is 0 Å². The summed E-state index contributed by atoms with van der Waals surface area (Å²) >= 11 is 1.73. The molecule has 0 spiro atoms. The lowest BCUT2D eigenvalue weighted by molar-refractivity contribution is 0.953. The summed E-state index contributed by atoms with van der Waals surface area (Å²) in [5, 5.41) is 1.12. The summed E-state index contributed by atoms with van der Waals surface area (Å²) in [6.07, 6.45) is 2.81. The van der Waals surface area contributed by atoms with Crippen LogP contribution in [0, 0.1) is 6.92 Å². The molecule has 2 rings (SSSR count). The van der Waals surface area contributed by atoms with Gasteiger partial charge in [-0.25, -0.2) is 4.98 Å². The SMILES string of the molecule is Cc1cccc(-c2cnc(CCN)s2)c1. The van der Waals surface area contributed by atoms with Gasteiger partial charge in [0.2, 0.25) is 0 Å². The smallest absolute Gasteiger partial charge is 0.0943 e. The molecule has 0 saturated carbocycles. The monoisotopic (exact) mass is 218 g/mol. The van der Waals surface area contributed by atoms with Crippen LogP contribution in [0.25, 0.3) is 10.4 Å². The van der Waals surface area contributed by atoms with Gasteiger partial charge in [0, 0.05) is 12.6 Å². The van der Waals surface area contributed by atoms with E-state index < -0.39 is 0 Å². The van der Waals surface area contributed by atoms with Gasteiger partial charge in [0.15, 0.2) is 0 Å². The van der Waals surface area contributed by atoms with E-state index in [1.807, 2.05) is 6.20 Å². The third-order valence-corrected chi connectivity index (χ3v) is 3.32. The Kier molecular flexibility index (Phi) is 3.14. The van der Waals surface area contributed by atoms with E-state index in [2.05, 4.69) is 36.2 Å². The van der Waals surface area contributed by atoms with Crippen molar-refractivity contribution >= 4 is 11.3 Å². The van der Waals surface area contributed by atoms with Gasteiger partial charge in [-0.1, -0.05) is 29.8 Å². The molecule has 0 amide bonds. The molecule has 1 heterocycles. The first kappa shape index (κ1) is 10.3. The molecule has 1 aromatic carbocycles. The number of hydrogen-bond donors (Lipinski definition) is 1. The van der Waals surface area contributed by atoms with Gasteiger partial charge in [0.1, 0.15) is 0 Å². The van der Waals surface area contributed by atoms with Gasteiger partial charge in [-0.2, -0.15) is 0 Å². The normalized spacial score (nSPS) is 10.5. The van der Waals surface area contributed by atoms with E-state index in [4.69, 9.17) is 5.73 Å². The fourth-order valence-electron chi connectivity index (χ4n) is 1.48. The summed E-state index contributed by atoms with van der Waals surface area (Å²) < 4.78 is 0. The fraction of sp³-hybridized carbons (Fsp3) is 0.250. The summed E-state index contributed by atoms with van der Waals surface area (Å²) in [6.45, 7) is 2.77. The Morgan fingerprint density at radius 2 is 2.27 bits per heavy atom. The molecule has 1 aromatic heterocycles. The van der Waals surface area contributed by atoms with Crippen LogP contribution < -0.4 is 5.73 Å². The highest BCUT2D eigenvalue weighted by molar-refractivity contribution is 7.15. The summed E-state index contributed by atoms with van der Waals surface area (Å²) in [6, 6.07) is 8.48. The number of nitrogens with zero attached hydrogens (tertiary/aromatic N) is 1. The number of hydrogen-bond acceptors (Lipinski definition) is 3. The zero-order valence-corrected chi connectivity index (χ0v) is 9.55. The number of benzene rings is 1. The first-order valence-corrected chi connectivity index (χ1v) is 5.83. The Hall–Kier alpha value is -1.19. The van der Waals surface area contributed by atoms with Crippen LogP contribution in [0.3, 0.4) is 0 Å². The predicted molar refractivity (Wildman–Crippen MR) is 65.0 cm³/mol. The number of aryl methyl sites for hydroxylation is 1. The molecule has 3 heteroatoms. The molecule has 2 nitrogen and oxygen atoms in total. The van der Waals surface area contributed by atoms with Crippen LogP contribution in [-0.4, -0.2) is 11.5 Å². The minimum atomic E-state index is 0.667. The second-order valence-electron chi connectivity index (χ2n) is 3.53. The van der Waals surface area contributed by atoms with Crippen molar-refractivity contribution in [3.05, 3.63) is 41.0 Å². The topological polar surface area (TPSA) is 38.9 Å². The second kappa shape index (κ2) is 4.55. The Labute approximate surface area is 93.8 Å². The lowest BCUT2D eigenvalue weighted by atomic mass is 10.1. The lowest BCUT2D eigenvalue weighted by Crippen LogP contribution is -2.01. The molecule has 78 valence electrons. The van der Waals surface area contributed by atoms with Crippen molar-refractivity contribution in [2.24, 2.45) is 5.73 Å². The Bertz CT molecular complexity index is 448. The molecular formula is C12H14N2S. The second-order valence-corrected chi connectivity index (χ2v) is 4.64. The quantitative estimate of drug-likeness (QED) is 0.860. The number of rotatable bonds is 3. The molecule has 0 atom stereocenters. The summed E-state index contributed by atoms with van der Waals surface area (Å²) in [4.78, 5) is 5.57. The van der Waals surface area contributed by atoms with Crippen LogP contribution in [0.15, 0.2) is 30.5 Å². The van der Waals surface area contributed by atoms with E-state index in [1.165, 1.54) is 16.0 Å². The fourth-order valence-corrected chi connectivity index (χ4v) is 2.41. The Morgan fingerprint density at radius 3 is 3.00 bits per heavy atom. The van der Waals surface area contributed by atoms with Gasteiger partial charge in [-0.05, 0) is 19.0 Å². The standard InChI is InChI=1S/C12H14N2S/c1-9-3-2-4-10(7-9)11-8-14-12(15-11)5-6-13/h2-4,7-8H,5-6,13H2,1H3. The van der Waals surface area contributed by atoms with E-state index >= 15 is 0 Å². The molecule has 0 radical (unpaired) electrons. The van der Waals surface area contributed by atoms with Crippen molar-refractivity contribution in [2.45, 2.75) is 13.3 Å². The van der Waals surface area contributed by atoms with Crippen molar-refractivity contribution in [2.75, 3.05) is 6.54 Å². The van der Waals surface area contributed by atoms with Gasteiger partial charge in [0.25, 0.3) is 0 Å².